The lowest BCUT2D eigenvalue weighted by Crippen LogP contribution is -2.16. The predicted molar refractivity (Wildman–Crippen MR) is 87.4 cm³/mol. The molecule has 112 valence electrons. The van der Waals surface area contributed by atoms with Crippen LogP contribution in [0.2, 0.25) is 0 Å². The molecule has 3 nitrogen and oxygen atoms in total. The molecule has 0 radical (unpaired) electrons. The molecule has 2 rings (SSSR count). The molecule has 1 aromatic rings. The topological polar surface area (TPSA) is 37.9 Å². The van der Waals surface area contributed by atoms with Crippen molar-refractivity contribution in [3.8, 4) is 0 Å². The first-order valence-corrected chi connectivity index (χ1v) is 8.63. The first kappa shape index (κ1) is 16.1. The number of methoxy groups -OCH3 is 1. The largest absolute Gasteiger partial charge is 0.378 e. The van der Waals surface area contributed by atoms with E-state index in [1.807, 2.05) is 0 Å². The number of hydrogen-bond donors (Lipinski definition) is 1. The van der Waals surface area contributed by atoms with E-state index in [9.17, 15) is 0 Å². The van der Waals surface area contributed by atoms with Crippen molar-refractivity contribution in [3.63, 3.8) is 0 Å². The summed E-state index contributed by atoms with van der Waals surface area (Å²) in [5.41, 5.74) is 0.998. The van der Waals surface area contributed by atoms with Crippen molar-refractivity contribution in [1.29, 1.82) is 0 Å². The van der Waals surface area contributed by atoms with Crippen LogP contribution < -0.4 is 0 Å². The van der Waals surface area contributed by atoms with Gasteiger partial charge in [0.1, 0.15) is 10.5 Å². The van der Waals surface area contributed by atoms with Gasteiger partial charge in [-0.05, 0) is 47.5 Å². The normalized spacial score (nSPS) is 22.9. The van der Waals surface area contributed by atoms with Gasteiger partial charge >= 0.3 is 0 Å². The smallest absolute Gasteiger partial charge is 0.144 e. The number of aromatic amines is 1. The van der Waals surface area contributed by atoms with Crippen molar-refractivity contribution >= 4 is 28.1 Å². The number of H-pyrrole nitrogens is 1. The third-order valence-electron chi connectivity index (χ3n) is 4.17. The van der Waals surface area contributed by atoms with Crippen molar-refractivity contribution in [2.75, 3.05) is 7.11 Å². The van der Waals surface area contributed by atoms with E-state index >= 15 is 0 Å². The number of hydrogen-bond acceptors (Lipinski definition) is 3. The van der Waals surface area contributed by atoms with Crippen LogP contribution in [0.1, 0.15) is 62.9 Å². The Hall–Kier alpha value is -0.260. The van der Waals surface area contributed by atoms with Gasteiger partial charge in [0.2, 0.25) is 0 Å². The van der Waals surface area contributed by atoms with Gasteiger partial charge in [-0.15, -0.1) is 0 Å². The van der Waals surface area contributed by atoms with E-state index in [4.69, 9.17) is 17.0 Å². The zero-order chi connectivity index (χ0) is 14.5. The van der Waals surface area contributed by atoms with Crippen molar-refractivity contribution in [2.45, 2.75) is 58.0 Å². The monoisotopic (exact) mass is 358 g/mol. The van der Waals surface area contributed by atoms with Gasteiger partial charge in [-0.3, -0.25) is 0 Å². The third-order valence-corrected chi connectivity index (χ3v) is 5.58. The second kappa shape index (κ2) is 7.66. The summed E-state index contributed by atoms with van der Waals surface area (Å²) >= 11 is 8.83. The lowest BCUT2D eigenvalue weighted by Gasteiger charge is -2.28. The Morgan fingerprint density at radius 2 is 2.05 bits per heavy atom. The molecule has 20 heavy (non-hydrogen) atoms. The SMILES string of the molecule is CCCC1CCC(c2nc(=S)c(Br)c(COC)[nH]2)CC1. The average molecular weight is 359 g/mol. The first-order valence-electron chi connectivity index (χ1n) is 7.43. The Morgan fingerprint density at radius 3 is 2.65 bits per heavy atom. The fourth-order valence-electron chi connectivity index (χ4n) is 3.09. The van der Waals surface area contributed by atoms with Gasteiger partial charge in [0.15, 0.2) is 0 Å². The highest BCUT2D eigenvalue weighted by molar-refractivity contribution is 9.10. The molecule has 1 fully saturated rings. The fraction of sp³-hybridized carbons (Fsp3) is 0.733. The number of ether oxygens (including phenoxy) is 1. The number of halogens is 1. The minimum Gasteiger partial charge on any atom is -0.378 e. The number of nitrogens with zero attached hydrogens (tertiary/aromatic N) is 1. The molecule has 0 saturated heterocycles. The average Bonchev–Trinajstić information content (AvgIpc) is 2.45. The van der Waals surface area contributed by atoms with E-state index in [0.29, 0.717) is 17.2 Å². The van der Waals surface area contributed by atoms with Crippen LogP contribution in [0.25, 0.3) is 0 Å². The van der Waals surface area contributed by atoms with E-state index in [-0.39, 0.29) is 0 Å². The van der Waals surface area contributed by atoms with Gasteiger partial charge in [0.25, 0.3) is 0 Å². The maximum Gasteiger partial charge on any atom is 0.144 e. The zero-order valence-corrected chi connectivity index (χ0v) is 14.6. The molecule has 1 aromatic heterocycles. The van der Waals surface area contributed by atoms with Crippen LogP contribution in [0, 0.1) is 10.6 Å². The van der Waals surface area contributed by atoms with Gasteiger partial charge < -0.3 is 9.72 Å². The third kappa shape index (κ3) is 3.89. The summed E-state index contributed by atoms with van der Waals surface area (Å²) in [7, 11) is 1.69. The van der Waals surface area contributed by atoms with Crippen LogP contribution >= 0.6 is 28.1 Å². The minimum absolute atomic E-state index is 0.522. The highest BCUT2D eigenvalue weighted by Gasteiger charge is 2.24. The van der Waals surface area contributed by atoms with Crippen LogP contribution in [-0.4, -0.2) is 17.1 Å². The van der Waals surface area contributed by atoms with E-state index < -0.39 is 0 Å². The fourth-order valence-corrected chi connectivity index (χ4v) is 3.62. The first-order chi connectivity index (χ1) is 9.65. The van der Waals surface area contributed by atoms with Gasteiger partial charge in [-0.1, -0.05) is 32.0 Å². The molecule has 1 aliphatic rings. The van der Waals surface area contributed by atoms with Gasteiger partial charge in [0, 0.05) is 13.0 Å². The van der Waals surface area contributed by atoms with Crippen LogP contribution in [0.4, 0.5) is 0 Å². The molecule has 1 saturated carbocycles. The molecule has 0 unspecified atom stereocenters. The summed E-state index contributed by atoms with van der Waals surface area (Å²) in [5.74, 6) is 2.47. The number of nitrogens with one attached hydrogen (secondary N) is 1. The minimum atomic E-state index is 0.522. The van der Waals surface area contributed by atoms with Crippen molar-refractivity contribution in [1.82, 2.24) is 9.97 Å². The molecule has 0 spiro atoms. The molecular weight excluding hydrogens is 336 g/mol. The molecular formula is C15H23BrN2OS. The number of aromatic nitrogens is 2. The summed E-state index contributed by atoms with van der Waals surface area (Å²) in [6, 6.07) is 0. The van der Waals surface area contributed by atoms with E-state index in [0.717, 1.165) is 21.9 Å². The Labute approximate surface area is 134 Å². The van der Waals surface area contributed by atoms with Gasteiger partial charge in [-0.2, -0.15) is 0 Å². The van der Waals surface area contributed by atoms with Crippen LogP contribution in [0.15, 0.2) is 4.47 Å². The molecule has 0 amide bonds. The maximum atomic E-state index is 5.34. The summed E-state index contributed by atoms with van der Waals surface area (Å²) < 4.78 is 6.72. The van der Waals surface area contributed by atoms with E-state index in [1.54, 1.807) is 7.11 Å². The molecule has 0 bridgehead atoms. The predicted octanol–water partition coefficient (Wildman–Crippen LogP) is 5.12. The Balaban J connectivity index is 2.12. The van der Waals surface area contributed by atoms with Gasteiger partial charge in [0.05, 0.1) is 16.8 Å². The maximum absolute atomic E-state index is 5.34. The highest BCUT2D eigenvalue weighted by Crippen LogP contribution is 2.36. The summed E-state index contributed by atoms with van der Waals surface area (Å²) in [5, 5.41) is 0. The summed E-state index contributed by atoms with van der Waals surface area (Å²) in [6.07, 6.45) is 7.73. The van der Waals surface area contributed by atoms with Crippen molar-refractivity contribution in [3.05, 3.63) is 20.6 Å². The molecule has 0 atom stereocenters. The molecule has 1 heterocycles. The van der Waals surface area contributed by atoms with Crippen molar-refractivity contribution < 1.29 is 4.74 Å². The summed E-state index contributed by atoms with van der Waals surface area (Å²) in [6.45, 7) is 2.81. The van der Waals surface area contributed by atoms with E-state index in [2.05, 4.69) is 32.8 Å². The molecule has 1 N–H and O–H groups in total. The van der Waals surface area contributed by atoms with E-state index in [1.165, 1.54) is 38.5 Å². The molecule has 1 aliphatic carbocycles. The second-order valence-corrected chi connectivity index (χ2v) is 6.84. The quantitative estimate of drug-likeness (QED) is 0.742. The van der Waals surface area contributed by atoms with Crippen LogP contribution in [0.5, 0.6) is 0 Å². The zero-order valence-electron chi connectivity index (χ0n) is 12.2. The number of rotatable bonds is 5. The molecule has 0 aliphatic heterocycles. The second-order valence-electron chi connectivity index (χ2n) is 5.66. The summed E-state index contributed by atoms with van der Waals surface area (Å²) in [4.78, 5) is 7.99. The molecule has 0 aromatic carbocycles. The van der Waals surface area contributed by atoms with Gasteiger partial charge in [-0.25, -0.2) is 4.98 Å². The molecule has 5 heteroatoms. The lowest BCUT2D eigenvalue weighted by molar-refractivity contribution is 0.180. The Morgan fingerprint density at radius 1 is 1.35 bits per heavy atom. The highest BCUT2D eigenvalue weighted by atomic mass is 79.9. The van der Waals surface area contributed by atoms with Crippen LogP contribution in [0.3, 0.4) is 0 Å². The Bertz CT molecular complexity index is 495. The Kier molecular flexibility index (Phi) is 6.18. The van der Waals surface area contributed by atoms with Crippen LogP contribution in [-0.2, 0) is 11.3 Å². The lowest BCUT2D eigenvalue weighted by atomic mass is 9.80. The standard InChI is InChI=1S/C15H23BrN2OS/c1-3-4-10-5-7-11(8-6-10)14-17-12(9-19-2)13(16)15(20)18-14/h10-11H,3-9H2,1-2H3,(H,17,18,20). The van der Waals surface area contributed by atoms with Crippen molar-refractivity contribution in [2.24, 2.45) is 5.92 Å².